The van der Waals surface area contributed by atoms with Crippen molar-refractivity contribution in [1.82, 2.24) is 4.72 Å². The Labute approximate surface area is 114 Å². The number of hydrogen-bond acceptors (Lipinski definition) is 3. The fraction of sp³-hybridized carbons (Fsp3) is 0.571. The van der Waals surface area contributed by atoms with Crippen LogP contribution in [0.1, 0.15) is 37.7 Å². The van der Waals surface area contributed by atoms with Crippen LogP contribution in [0, 0.1) is 0 Å². The number of sulfonamides is 1. The van der Waals surface area contributed by atoms with Crippen LogP contribution in [0.2, 0.25) is 0 Å². The molecule has 0 amide bonds. The first-order valence-corrected chi connectivity index (χ1v) is 8.53. The summed E-state index contributed by atoms with van der Waals surface area (Å²) >= 11 is 0. The lowest BCUT2D eigenvalue weighted by atomic mass is 10.0. The third-order valence-corrected chi connectivity index (χ3v) is 5.53. The molecule has 2 N–H and O–H groups in total. The molecule has 0 saturated heterocycles. The van der Waals surface area contributed by atoms with Crippen molar-refractivity contribution in [2.45, 2.75) is 49.5 Å². The second-order valence-corrected chi connectivity index (χ2v) is 7.17. The van der Waals surface area contributed by atoms with Gasteiger partial charge in [0.2, 0.25) is 10.0 Å². The maximum atomic E-state index is 12.3. The normalized spacial score (nSPS) is 20.0. The Morgan fingerprint density at radius 2 is 1.95 bits per heavy atom. The molecule has 0 aromatic heterocycles. The number of anilines is 1. The summed E-state index contributed by atoms with van der Waals surface area (Å²) in [7, 11) is -3.37. The summed E-state index contributed by atoms with van der Waals surface area (Å²) in [6.45, 7) is 0.923. The summed E-state index contributed by atoms with van der Waals surface area (Å²) in [5.41, 5.74) is 2.19. The van der Waals surface area contributed by atoms with Crippen LogP contribution in [-0.2, 0) is 16.4 Å². The molecule has 1 aliphatic heterocycles. The Kier molecular flexibility index (Phi) is 3.50. The van der Waals surface area contributed by atoms with Gasteiger partial charge < -0.3 is 5.32 Å². The fourth-order valence-corrected chi connectivity index (χ4v) is 4.27. The summed E-state index contributed by atoms with van der Waals surface area (Å²) in [6, 6.07) is 5.55. The second-order valence-electron chi connectivity index (χ2n) is 5.45. The first-order chi connectivity index (χ1) is 9.15. The van der Waals surface area contributed by atoms with E-state index in [4.69, 9.17) is 0 Å². The van der Waals surface area contributed by atoms with Crippen molar-refractivity contribution in [2.75, 3.05) is 11.9 Å². The van der Waals surface area contributed by atoms with E-state index in [1.54, 1.807) is 12.1 Å². The molecule has 1 fully saturated rings. The number of fused-ring (bicyclic) bond motifs is 1. The lowest BCUT2D eigenvalue weighted by Gasteiger charge is -2.19. The summed E-state index contributed by atoms with van der Waals surface area (Å²) in [4.78, 5) is 0.382. The van der Waals surface area contributed by atoms with Gasteiger partial charge in [-0.1, -0.05) is 18.9 Å². The van der Waals surface area contributed by atoms with Crippen LogP contribution in [0.25, 0.3) is 0 Å². The van der Waals surface area contributed by atoms with Crippen molar-refractivity contribution in [3.8, 4) is 0 Å². The van der Waals surface area contributed by atoms with Crippen LogP contribution in [-0.4, -0.2) is 21.0 Å². The molecule has 1 aromatic rings. The lowest BCUT2D eigenvalue weighted by molar-refractivity contribution is 0.552. The number of hydrogen-bond donors (Lipinski definition) is 2. The van der Waals surface area contributed by atoms with Crippen molar-refractivity contribution < 1.29 is 8.42 Å². The molecule has 1 aromatic carbocycles. The topological polar surface area (TPSA) is 58.2 Å². The maximum absolute atomic E-state index is 12.3. The highest BCUT2D eigenvalue weighted by molar-refractivity contribution is 7.89. The maximum Gasteiger partial charge on any atom is 0.240 e. The minimum absolute atomic E-state index is 0.119. The summed E-state index contributed by atoms with van der Waals surface area (Å²) in [5.74, 6) is 0. The molecule has 4 nitrogen and oxygen atoms in total. The van der Waals surface area contributed by atoms with Crippen LogP contribution in [0.15, 0.2) is 23.1 Å². The predicted octanol–water partition coefficient (Wildman–Crippen LogP) is 2.27. The van der Waals surface area contributed by atoms with Crippen LogP contribution in [0.3, 0.4) is 0 Å². The first kappa shape index (κ1) is 12.9. The Morgan fingerprint density at radius 1 is 1.16 bits per heavy atom. The van der Waals surface area contributed by atoms with Crippen molar-refractivity contribution in [2.24, 2.45) is 0 Å². The Bertz CT molecular complexity index is 563. The highest BCUT2D eigenvalue weighted by Gasteiger charge is 2.23. The smallest absolute Gasteiger partial charge is 0.240 e. The molecule has 1 heterocycles. The SMILES string of the molecule is O=S(=O)(NC1CCCC1)c1ccc2c(c1)NCCC2. The molecule has 19 heavy (non-hydrogen) atoms. The van der Waals surface area contributed by atoms with Gasteiger partial charge in [0, 0.05) is 18.3 Å². The van der Waals surface area contributed by atoms with Crippen LogP contribution >= 0.6 is 0 Å². The number of nitrogens with one attached hydrogen (secondary N) is 2. The molecular weight excluding hydrogens is 260 g/mol. The predicted molar refractivity (Wildman–Crippen MR) is 75.8 cm³/mol. The fourth-order valence-electron chi connectivity index (χ4n) is 2.94. The van der Waals surface area contributed by atoms with Gasteiger partial charge in [0.15, 0.2) is 0 Å². The van der Waals surface area contributed by atoms with E-state index in [2.05, 4.69) is 10.0 Å². The van der Waals surface area contributed by atoms with E-state index in [1.165, 1.54) is 5.56 Å². The van der Waals surface area contributed by atoms with Gasteiger partial charge in [-0.3, -0.25) is 0 Å². The van der Waals surface area contributed by atoms with Crippen molar-refractivity contribution in [3.63, 3.8) is 0 Å². The minimum atomic E-state index is -3.37. The Hall–Kier alpha value is -1.07. The molecule has 0 radical (unpaired) electrons. The molecule has 2 aliphatic rings. The average Bonchev–Trinajstić information content (AvgIpc) is 2.90. The molecule has 3 rings (SSSR count). The average molecular weight is 280 g/mol. The lowest BCUT2D eigenvalue weighted by Crippen LogP contribution is -2.32. The summed E-state index contributed by atoms with van der Waals surface area (Å²) in [6.07, 6.45) is 6.31. The molecule has 1 saturated carbocycles. The van der Waals surface area contributed by atoms with Crippen molar-refractivity contribution in [3.05, 3.63) is 23.8 Å². The molecule has 0 bridgehead atoms. The quantitative estimate of drug-likeness (QED) is 0.893. The molecule has 0 spiro atoms. The van der Waals surface area contributed by atoms with E-state index in [1.807, 2.05) is 6.07 Å². The third-order valence-electron chi connectivity index (χ3n) is 4.01. The molecular formula is C14H20N2O2S. The van der Waals surface area contributed by atoms with E-state index in [-0.39, 0.29) is 6.04 Å². The van der Waals surface area contributed by atoms with Gasteiger partial charge in [-0.15, -0.1) is 0 Å². The van der Waals surface area contributed by atoms with Gasteiger partial charge in [0.1, 0.15) is 0 Å². The third kappa shape index (κ3) is 2.77. The zero-order valence-electron chi connectivity index (χ0n) is 11.0. The number of benzene rings is 1. The highest BCUT2D eigenvalue weighted by Crippen LogP contribution is 2.26. The largest absolute Gasteiger partial charge is 0.385 e. The van der Waals surface area contributed by atoms with E-state index < -0.39 is 10.0 Å². The molecule has 5 heteroatoms. The van der Waals surface area contributed by atoms with Gasteiger partial charge in [-0.2, -0.15) is 0 Å². The summed E-state index contributed by atoms with van der Waals surface area (Å²) in [5, 5.41) is 3.28. The molecule has 104 valence electrons. The van der Waals surface area contributed by atoms with Crippen LogP contribution in [0.4, 0.5) is 5.69 Å². The monoisotopic (exact) mass is 280 g/mol. The van der Waals surface area contributed by atoms with Gasteiger partial charge in [0.05, 0.1) is 4.90 Å². The van der Waals surface area contributed by atoms with Gasteiger partial charge >= 0.3 is 0 Å². The molecule has 0 atom stereocenters. The zero-order chi connectivity index (χ0) is 13.3. The van der Waals surface area contributed by atoms with E-state index in [0.29, 0.717) is 4.90 Å². The Balaban J connectivity index is 1.84. The first-order valence-electron chi connectivity index (χ1n) is 7.04. The van der Waals surface area contributed by atoms with Crippen molar-refractivity contribution >= 4 is 15.7 Å². The minimum Gasteiger partial charge on any atom is -0.385 e. The van der Waals surface area contributed by atoms with Crippen LogP contribution < -0.4 is 10.0 Å². The Morgan fingerprint density at radius 3 is 2.74 bits per heavy atom. The summed E-state index contributed by atoms with van der Waals surface area (Å²) < 4.78 is 27.5. The highest BCUT2D eigenvalue weighted by atomic mass is 32.2. The van der Waals surface area contributed by atoms with E-state index in [0.717, 1.165) is 50.8 Å². The van der Waals surface area contributed by atoms with Crippen LogP contribution in [0.5, 0.6) is 0 Å². The van der Waals surface area contributed by atoms with E-state index in [9.17, 15) is 8.42 Å². The zero-order valence-corrected chi connectivity index (χ0v) is 11.8. The van der Waals surface area contributed by atoms with Gasteiger partial charge in [0.25, 0.3) is 0 Å². The van der Waals surface area contributed by atoms with Gasteiger partial charge in [-0.25, -0.2) is 13.1 Å². The second kappa shape index (κ2) is 5.13. The molecule has 0 unspecified atom stereocenters. The number of rotatable bonds is 3. The number of aryl methyl sites for hydroxylation is 1. The standard InChI is InChI=1S/C14H20N2O2S/c17-19(18,16-12-5-1-2-6-12)13-8-7-11-4-3-9-15-14(11)10-13/h7-8,10,12,15-16H,1-6,9H2. The van der Waals surface area contributed by atoms with Gasteiger partial charge in [-0.05, 0) is 43.4 Å². The van der Waals surface area contributed by atoms with Crippen molar-refractivity contribution in [1.29, 1.82) is 0 Å². The van der Waals surface area contributed by atoms with E-state index >= 15 is 0 Å². The molecule has 1 aliphatic carbocycles.